The topological polar surface area (TPSA) is 63.5 Å². The van der Waals surface area contributed by atoms with Crippen LogP contribution in [0.5, 0.6) is 0 Å². The van der Waals surface area contributed by atoms with Gasteiger partial charge in [-0.2, -0.15) is 13.2 Å². The second-order valence-corrected chi connectivity index (χ2v) is 6.72. The second-order valence-electron chi connectivity index (χ2n) is 5.81. The zero-order valence-electron chi connectivity index (χ0n) is 13.8. The van der Waals surface area contributed by atoms with Gasteiger partial charge in [0.25, 0.3) is 11.6 Å². The molecule has 0 fully saturated rings. The summed E-state index contributed by atoms with van der Waals surface area (Å²) < 4.78 is 40.0. The number of para-hydroxylation sites is 1. The van der Waals surface area contributed by atoms with E-state index >= 15 is 0 Å². The minimum absolute atomic E-state index is 0.0413. The van der Waals surface area contributed by atoms with Crippen LogP contribution in [0.2, 0.25) is 0 Å². The lowest BCUT2D eigenvalue weighted by molar-refractivity contribution is -0.385. The molecule has 27 heavy (non-hydrogen) atoms. The third-order valence-electron chi connectivity index (χ3n) is 3.92. The van der Waals surface area contributed by atoms with Crippen LogP contribution in [0.25, 0.3) is 10.1 Å². The minimum Gasteiger partial charge on any atom is -0.325 e. The molecule has 0 aliphatic heterocycles. The molecule has 5 nitrogen and oxygen atoms in total. The number of nitrogens with zero attached hydrogens (tertiary/aromatic N) is 2. The molecule has 0 aliphatic rings. The van der Waals surface area contributed by atoms with Gasteiger partial charge in [-0.3, -0.25) is 14.9 Å². The maximum absolute atomic E-state index is 13.1. The van der Waals surface area contributed by atoms with Crippen molar-refractivity contribution in [3.8, 4) is 0 Å². The number of nitro groups is 1. The van der Waals surface area contributed by atoms with E-state index in [0.29, 0.717) is 10.3 Å². The van der Waals surface area contributed by atoms with Gasteiger partial charge in [0, 0.05) is 27.1 Å². The van der Waals surface area contributed by atoms with E-state index in [1.807, 2.05) is 0 Å². The fourth-order valence-corrected chi connectivity index (χ4v) is 3.69. The first kappa shape index (κ1) is 18.8. The largest absolute Gasteiger partial charge is 0.406 e. The van der Waals surface area contributed by atoms with Crippen molar-refractivity contribution in [2.45, 2.75) is 12.7 Å². The van der Waals surface area contributed by atoms with Crippen molar-refractivity contribution in [3.63, 3.8) is 0 Å². The van der Waals surface area contributed by atoms with Gasteiger partial charge in [0.05, 0.1) is 17.0 Å². The minimum atomic E-state index is -4.63. The highest BCUT2D eigenvalue weighted by atomic mass is 32.1. The highest BCUT2D eigenvalue weighted by Crippen LogP contribution is 2.29. The average molecular weight is 394 g/mol. The molecular formula is C18H13F3N2O3S. The molecule has 0 saturated heterocycles. The molecule has 3 aromatic rings. The number of benzene rings is 2. The quantitative estimate of drug-likeness (QED) is 0.451. The van der Waals surface area contributed by atoms with Crippen molar-refractivity contribution in [2.75, 3.05) is 6.54 Å². The number of hydrogen-bond acceptors (Lipinski definition) is 4. The molecule has 0 spiro atoms. The molecule has 140 valence electrons. The van der Waals surface area contributed by atoms with E-state index in [0.717, 1.165) is 4.70 Å². The van der Waals surface area contributed by atoms with Gasteiger partial charge in [0.1, 0.15) is 6.54 Å². The summed E-state index contributed by atoms with van der Waals surface area (Å²) in [5.74, 6) is -0.817. The highest BCUT2D eigenvalue weighted by molar-refractivity contribution is 7.17. The Morgan fingerprint density at radius 3 is 2.48 bits per heavy atom. The lowest BCUT2D eigenvalue weighted by atomic mass is 10.1. The molecule has 1 heterocycles. The summed E-state index contributed by atoms with van der Waals surface area (Å²) >= 11 is 1.26. The zero-order chi connectivity index (χ0) is 19.6. The van der Waals surface area contributed by atoms with Gasteiger partial charge >= 0.3 is 6.18 Å². The number of carbonyl (C=O) groups is 1. The maximum Gasteiger partial charge on any atom is 0.406 e. The summed E-state index contributed by atoms with van der Waals surface area (Å²) in [6, 6.07) is 12.4. The number of amides is 1. The van der Waals surface area contributed by atoms with E-state index in [4.69, 9.17) is 0 Å². The van der Waals surface area contributed by atoms with Gasteiger partial charge in [-0.1, -0.05) is 36.4 Å². The molecule has 0 radical (unpaired) electrons. The molecule has 1 amide bonds. The molecule has 2 aromatic carbocycles. The molecule has 0 unspecified atom stereocenters. The summed E-state index contributed by atoms with van der Waals surface area (Å²) in [4.78, 5) is 23.9. The van der Waals surface area contributed by atoms with E-state index in [2.05, 4.69) is 0 Å². The molecule has 3 rings (SSSR count). The van der Waals surface area contributed by atoms with Crippen LogP contribution in [-0.2, 0) is 6.54 Å². The normalized spacial score (nSPS) is 11.5. The van der Waals surface area contributed by atoms with Crippen LogP contribution in [-0.4, -0.2) is 28.5 Å². The molecule has 0 bridgehead atoms. The standard InChI is InChI=1S/C18H13F3N2O3S/c19-18(20,21)11-22(9-12-5-1-3-7-15(12)23(25)26)17(24)14-10-27-16-8-4-2-6-13(14)16/h1-8,10H,9,11H2. The Bertz CT molecular complexity index is 1000. The van der Waals surface area contributed by atoms with Gasteiger partial charge in [-0.15, -0.1) is 11.3 Å². The molecule has 0 N–H and O–H groups in total. The summed E-state index contributed by atoms with van der Waals surface area (Å²) in [6.45, 7) is -2.01. The van der Waals surface area contributed by atoms with E-state index in [1.165, 1.54) is 41.0 Å². The smallest absolute Gasteiger partial charge is 0.325 e. The fourth-order valence-electron chi connectivity index (χ4n) is 2.76. The number of alkyl halides is 3. The predicted octanol–water partition coefficient (Wildman–Crippen LogP) is 5.01. The SMILES string of the molecule is O=C(c1csc2ccccc12)N(Cc1ccccc1[N+](=O)[O-])CC(F)(F)F. The van der Waals surface area contributed by atoms with Crippen molar-refractivity contribution >= 4 is 33.0 Å². The Labute approximate surface area is 155 Å². The average Bonchev–Trinajstić information content (AvgIpc) is 3.03. The second kappa shape index (κ2) is 7.36. The summed E-state index contributed by atoms with van der Waals surface area (Å²) in [5.41, 5.74) is -0.134. The molecule has 9 heteroatoms. The number of carbonyl (C=O) groups excluding carboxylic acids is 1. The number of rotatable bonds is 5. The number of halogens is 3. The maximum atomic E-state index is 13.1. The van der Waals surface area contributed by atoms with Crippen molar-refractivity contribution < 1.29 is 22.9 Å². The Morgan fingerprint density at radius 2 is 1.78 bits per heavy atom. The summed E-state index contributed by atoms with van der Waals surface area (Å²) in [7, 11) is 0. The van der Waals surface area contributed by atoms with Crippen molar-refractivity contribution in [1.82, 2.24) is 4.90 Å². The molecule has 0 aliphatic carbocycles. The number of nitro benzene ring substituents is 1. The van der Waals surface area contributed by atoms with Crippen molar-refractivity contribution in [2.24, 2.45) is 0 Å². The predicted molar refractivity (Wildman–Crippen MR) is 95.7 cm³/mol. The summed E-state index contributed by atoms with van der Waals surface area (Å²) in [6.07, 6.45) is -4.63. The van der Waals surface area contributed by atoms with Crippen molar-refractivity contribution in [3.05, 3.63) is 75.2 Å². The molecule has 0 atom stereocenters. The number of thiophene rings is 1. The van der Waals surface area contributed by atoms with Crippen LogP contribution in [0.4, 0.5) is 18.9 Å². The Balaban J connectivity index is 1.99. The number of fused-ring (bicyclic) bond motifs is 1. The molecule has 0 saturated carbocycles. The Morgan fingerprint density at radius 1 is 1.11 bits per heavy atom. The highest BCUT2D eigenvalue weighted by Gasteiger charge is 2.35. The van der Waals surface area contributed by atoms with Gasteiger partial charge in [0.15, 0.2) is 0 Å². The van der Waals surface area contributed by atoms with Crippen LogP contribution in [0.1, 0.15) is 15.9 Å². The van der Waals surface area contributed by atoms with Crippen LogP contribution in [0.3, 0.4) is 0 Å². The zero-order valence-corrected chi connectivity index (χ0v) is 14.6. The van der Waals surface area contributed by atoms with Crippen LogP contribution in [0, 0.1) is 10.1 Å². The van der Waals surface area contributed by atoms with E-state index in [-0.39, 0.29) is 16.8 Å². The first-order valence-electron chi connectivity index (χ1n) is 7.81. The number of hydrogen-bond donors (Lipinski definition) is 0. The fraction of sp³-hybridized carbons (Fsp3) is 0.167. The van der Waals surface area contributed by atoms with Crippen LogP contribution >= 0.6 is 11.3 Å². The van der Waals surface area contributed by atoms with Gasteiger partial charge in [-0.25, -0.2) is 0 Å². The van der Waals surface area contributed by atoms with Gasteiger partial charge in [-0.05, 0) is 6.07 Å². The van der Waals surface area contributed by atoms with E-state index < -0.39 is 30.1 Å². The monoisotopic (exact) mass is 394 g/mol. The van der Waals surface area contributed by atoms with E-state index in [9.17, 15) is 28.1 Å². The van der Waals surface area contributed by atoms with Crippen LogP contribution < -0.4 is 0 Å². The third-order valence-corrected chi connectivity index (χ3v) is 4.88. The third kappa shape index (κ3) is 4.25. The summed E-state index contributed by atoms with van der Waals surface area (Å²) in [5, 5.41) is 13.2. The van der Waals surface area contributed by atoms with Gasteiger partial charge in [0.2, 0.25) is 0 Å². The Kier molecular flexibility index (Phi) is 5.13. The van der Waals surface area contributed by atoms with Gasteiger partial charge < -0.3 is 4.90 Å². The lowest BCUT2D eigenvalue weighted by Crippen LogP contribution is -2.38. The van der Waals surface area contributed by atoms with E-state index in [1.54, 1.807) is 24.3 Å². The molecular weight excluding hydrogens is 381 g/mol. The first-order chi connectivity index (χ1) is 12.8. The lowest BCUT2D eigenvalue weighted by Gasteiger charge is -2.24. The van der Waals surface area contributed by atoms with Crippen molar-refractivity contribution in [1.29, 1.82) is 0 Å². The first-order valence-corrected chi connectivity index (χ1v) is 8.69. The molecule has 1 aromatic heterocycles. The Hall–Kier alpha value is -2.94. The van der Waals surface area contributed by atoms with Crippen LogP contribution in [0.15, 0.2) is 53.9 Å².